The summed E-state index contributed by atoms with van der Waals surface area (Å²) in [6, 6.07) is 0.0991. The third-order valence-corrected chi connectivity index (χ3v) is 3.87. The van der Waals surface area contributed by atoms with Crippen LogP contribution in [0.25, 0.3) is 0 Å². The molecule has 0 aliphatic rings. The topological polar surface area (TPSA) is 93.0 Å². The van der Waals surface area contributed by atoms with Crippen LogP contribution in [0.1, 0.15) is 32.9 Å². The maximum atomic E-state index is 11.2. The average molecular weight is 313 g/mol. The number of thioether (sulfide) groups is 1. The molecular formula is C13H23N5O2S. The minimum absolute atomic E-state index is 0.0506. The quantitative estimate of drug-likeness (QED) is 0.534. The number of aromatic nitrogens is 2. The van der Waals surface area contributed by atoms with E-state index in [4.69, 9.17) is 0 Å². The van der Waals surface area contributed by atoms with Crippen LogP contribution in [0.4, 0.5) is 17.5 Å². The molecule has 0 amide bonds. The van der Waals surface area contributed by atoms with Crippen molar-refractivity contribution in [3.8, 4) is 0 Å². The lowest BCUT2D eigenvalue weighted by molar-refractivity contribution is -0.385. The second-order valence-corrected chi connectivity index (χ2v) is 6.04. The van der Waals surface area contributed by atoms with Crippen molar-refractivity contribution in [2.75, 3.05) is 28.7 Å². The summed E-state index contributed by atoms with van der Waals surface area (Å²) in [5, 5.41) is 17.4. The number of hydrogen-bond acceptors (Lipinski definition) is 7. The number of aryl methyl sites for hydroxylation is 1. The zero-order valence-electron chi connectivity index (χ0n) is 13.0. The normalized spacial score (nSPS) is 12.0. The van der Waals surface area contributed by atoms with Gasteiger partial charge in [-0.1, -0.05) is 13.8 Å². The van der Waals surface area contributed by atoms with Crippen molar-refractivity contribution in [3.63, 3.8) is 0 Å². The standard InChI is InChI=1S/C13H23N5O2S/c1-5-7-14-13-16-10(4)11(18(19)20)12(17-13)15-9(3)8-21-6-2/h9H,5-8H2,1-4H3,(H2,14,15,16,17). The zero-order chi connectivity index (χ0) is 15.8. The van der Waals surface area contributed by atoms with E-state index < -0.39 is 4.92 Å². The number of anilines is 2. The Bertz CT molecular complexity index is 484. The lowest BCUT2D eigenvalue weighted by atomic mass is 10.3. The van der Waals surface area contributed by atoms with Gasteiger partial charge in [0, 0.05) is 18.3 Å². The molecule has 0 spiro atoms. The monoisotopic (exact) mass is 313 g/mol. The highest BCUT2D eigenvalue weighted by molar-refractivity contribution is 7.99. The van der Waals surface area contributed by atoms with E-state index in [2.05, 4.69) is 27.5 Å². The van der Waals surface area contributed by atoms with Gasteiger partial charge in [-0.2, -0.15) is 16.7 Å². The summed E-state index contributed by atoms with van der Waals surface area (Å²) in [5.74, 6) is 2.60. The van der Waals surface area contributed by atoms with Gasteiger partial charge in [-0.3, -0.25) is 10.1 Å². The van der Waals surface area contributed by atoms with Gasteiger partial charge < -0.3 is 10.6 Å². The van der Waals surface area contributed by atoms with Crippen LogP contribution in [-0.4, -0.2) is 39.0 Å². The maximum absolute atomic E-state index is 11.2. The largest absolute Gasteiger partial charge is 0.361 e. The van der Waals surface area contributed by atoms with Crippen molar-refractivity contribution >= 4 is 29.2 Å². The summed E-state index contributed by atoms with van der Waals surface area (Å²) >= 11 is 1.78. The number of nitrogens with one attached hydrogen (secondary N) is 2. The molecule has 118 valence electrons. The fraction of sp³-hybridized carbons (Fsp3) is 0.692. The fourth-order valence-electron chi connectivity index (χ4n) is 1.77. The van der Waals surface area contributed by atoms with Crippen LogP contribution < -0.4 is 10.6 Å². The molecule has 0 radical (unpaired) electrons. The molecule has 0 aromatic carbocycles. The van der Waals surface area contributed by atoms with Gasteiger partial charge in [0.15, 0.2) is 0 Å². The molecule has 0 aliphatic heterocycles. The number of nitro groups is 1. The van der Waals surface area contributed by atoms with Crippen molar-refractivity contribution in [1.82, 2.24) is 9.97 Å². The molecule has 2 N–H and O–H groups in total. The van der Waals surface area contributed by atoms with Crippen LogP contribution in [0.5, 0.6) is 0 Å². The molecule has 8 heteroatoms. The highest BCUT2D eigenvalue weighted by Crippen LogP contribution is 2.27. The SMILES string of the molecule is CCCNc1nc(C)c([N+](=O)[O-])c(NC(C)CSCC)n1. The van der Waals surface area contributed by atoms with E-state index in [0.717, 1.165) is 24.5 Å². The van der Waals surface area contributed by atoms with E-state index >= 15 is 0 Å². The molecular weight excluding hydrogens is 290 g/mol. The molecule has 0 saturated heterocycles. The predicted octanol–water partition coefficient (Wildman–Crippen LogP) is 3.07. The van der Waals surface area contributed by atoms with E-state index in [0.29, 0.717) is 11.6 Å². The van der Waals surface area contributed by atoms with E-state index in [1.807, 2.05) is 13.8 Å². The Kier molecular flexibility index (Phi) is 7.21. The average Bonchev–Trinajstić information content (AvgIpc) is 2.42. The van der Waals surface area contributed by atoms with Crippen LogP contribution >= 0.6 is 11.8 Å². The van der Waals surface area contributed by atoms with E-state index in [9.17, 15) is 10.1 Å². The Morgan fingerprint density at radius 3 is 2.67 bits per heavy atom. The van der Waals surface area contributed by atoms with Crippen LogP contribution in [0.3, 0.4) is 0 Å². The first-order valence-electron chi connectivity index (χ1n) is 7.10. The van der Waals surface area contributed by atoms with Crippen molar-refractivity contribution in [2.24, 2.45) is 0 Å². The molecule has 1 atom stereocenters. The summed E-state index contributed by atoms with van der Waals surface area (Å²) in [6.07, 6.45) is 0.936. The molecule has 1 unspecified atom stereocenters. The van der Waals surface area contributed by atoms with Gasteiger partial charge in [-0.15, -0.1) is 0 Å². The van der Waals surface area contributed by atoms with Gasteiger partial charge in [-0.05, 0) is 26.0 Å². The first-order chi connectivity index (χ1) is 9.99. The van der Waals surface area contributed by atoms with Crippen molar-refractivity contribution in [3.05, 3.63) is 15.8 Å². The highest BCUT2D eigenvalue weighted by Gasteiger charge is 2.23. The minimum atomic E-state index is -0.430. The molecule has 7 nitrogen and oxygen atoms in total. The molecule has 1 heterocycles. The van der Waals surface area contributed by atoms with Gasteiger partial charge in [0.05, 0.1) is 4.92 Å². The Labute approximate surface area is 129 Å². The van der Waals surface area contributed by atoms with Crippen LogP contribution in [-0.2, 0) is 0 Å². The van der Waals surface area contributed by atoms with Gasteiger partial charge in [0.1, 0.15) is 5.69 Å². The summed E-state index contributed by atoms with van der Waals surface area (Å²) in [7, 11) is 0. The smallest absolute Gasteiger partial charge is 0.332 e. The van der Waals surface area contributed by atoms with Crippen molar-refractivity contribution < 1.29 is 4.92 Å². The molecule has 1 aromatic heterocycles. The molecule has 0 aliphatic carbocycles. The number of rotatable bonds is 9. The predicted molar refractivity (Wildman–Crippen MR) is 88.3 cm³/mol. The Balaban J connectivity index is 3.00. The molecule has 0 saturated carbocycles. The van der Waals surface area contributed by atoms with Gasteiger partial charge in [0.2, 0.25) is 11.8 Å². The summed E-state index contributed by atoms with van der Waals surface area (Å²) < 4.78 is 0. The number of hydrogen-bond donors (Lipinski definition) is 2. The summed E-state index contributed by atoms with van der Waals surface area (Å²) in [4.78, 5) is 19.2. The highest BCUT2D eigenvalue weighted by atomic mass is 32.2. The second kappa shape index (κ2) is 8.66. The summed E-state index contributed by atoms with van der Waals surface area (Å²) in [6.45, 7) is 8.48. The molecule has 1 aromatic rings. The first kappa shape index (κ1) is 17.5. The van der Waals surface area contributed by atoms with Gasteiger partial charge in [0.25, 0.3) is 0 Å². The molecule has 0 bridgehead atoms. The third-order valence-electron chi connectivity index (χ3n) is 2.73. The van der Waals surface area contributed by atoms with Crippen LogP contribution in [0, 0.1) is 17.0 Å². The maximum Gasteiger partial charge on any atom is 0.332 e. The first-order valence-corrected chi connectivity index (χ1v) is 8.26. The van der Waals surface area contributed by atoms with Crippen LogP contribution in [0.15, 0.2) is 0 Å². The van der Waals surface area contributed by atoms with Gasteiger partial charge in [-0.25, -0.2) is 4.98 Å². The summed E-state index contributed by atoms with van der Waals surface area (Å²) in [5.41, 5.74) is 0.317. The third kappa shape index (κ3) is 5.37. The minimum Gasteiger partial charge on any atom is -0.361 e. The van der Waals surface area contributed by atoms with E-state index in [-0.39, 0.29) is 17.5 Å². The fourth-order valence-corrected chi connectivity index (χ4v) is 2.44. The van der Waals surface area contributed by atoms with E-state index in [1.54, 1.807) is 18.7 Å². The molecule has 0 fully saturated rings. The second-order valence-electron chi connectivity index (χ2n) is 4.72. The van der Waals surface area contributed by atoms with Gasteiger partial charge >= 0.3 is 5.69 Å². The molecule has 1 rings (SSSR count). The molecule has 21 heavy (non-hydrogen) atoms. The lowest BCUT2D eigenvalue weighted by Gasteiger charge is -2.15. The Morgan fingerprint density at radius 2 is 2.10 bits per heavy atom. The zero-order valence-corrected chi connectivity index (χ0v) is 13.8. The Morgan fingerprint density at radius 1 is 1.38 bits per heavy atom. The van der Waals surface area contributed by atoms with Crippen molar-refractivity contribution in [2.45, 2.75) is 40.2 Å². The van der Waals surface area contributed by atoms with Crippen molar-refractivity contribution in [1.29, 1.82) is 0 Å². The van der Waals surface area contributed by atoms with E-state index in [1.165, 1.54) is 0 Å². The number of nitrogens with zero attached hydrogens (tertiary/aromatic N) is 3. The van der Waals surface area contributed by atoms with Crippen LogP contribution in [0.2, 0.25) is 0 Å². The lowest BCUT2D eigenvalue weighted by Crippen LogP contribution is -2.21. The Hall–Kier alpha value is -1.57.